The fourth-order valence-corrected chi connectivity index (χ4v) is 5.09. The molecule has 1 fully saturated rings. The highest BCUT2D eigenvalue weighted by Gasteiger charge is 2.23. The number of nitrogens with zero attached hydrogens (tertiary/aromatic N) is 3. The van der Waals surface area contributed by atoms with Gasteiger partial charge in [-0.2, -0.15) is 0 Å². The molecule has 1 aliphatic rings. The van der Waals surface area contributed by atoms with E-state index in [-0.39, 0.29) is 10.9 Å². The van der Waals surface area contributed by atoms with Crippen LogP contribution in [0.3, 0.4) is 0 Å². The summed E-state index contributed by atoms with van der Waals surface area (Å²) >= 11 is 3.52. The van der Waals surface area contributed by atoms with Gasteiger partial charge in [0.05, 0.1) is 18.3 Å². The molecule has 31 heavy (non-hydrogen) atoms. The maximum atomic E-state index is 12.8. The van der Waals surface area contributed by atoms with E-state index in [0.717, 1.165) is 34.7 Å². The summed E-state index contributed by atoms with van der Waals surface area (Å²) in [4.78, 5) is 6.47. The number of hydrogen-bond acceptors (Lipinski definition) is 6. The molecule has 10 heteroatoms. The van der Waals surface area contributed by atoms with Gasteiger partial charge in [-0.1, -0.05) is 15.9 Å². The largest absolute Gasteiger partial charge is 0.497 e. The van der Waals surface area contributed by atoms with Crippen molar-refractivity contribution in [3.05, 3.63) is 65.7 Å². The SMILES string of the molecule is COc1cc(Br)cc(N2CCNC(CNS(=O)(=O)c3ccc(-n4ccnc4)cc3)C2)c1. The summed E-state index contributed by atoms with van der Waals surface area (Å²) in [7, 11) is -1.96. The molecule has 0 radical (unpaired) electrons. The third-order valence-corrected chi connectivity index (χ3v) is 7.08. The Balaban J connectivity index is 1.39. The molecule has 2 N–H and O–H groups in total. The highest BCUT2D eigenvalue weighted by Crippen LogP contribution is 2.27. The Morgan fingerprint density at radius 2 is 2.03 bits per heavy atom. The Bertz CT molecular complexity index is 1120. The predicted molar refractivity (Wildman–Crippen MR) is 123 cm³/mol. The van der Waals surface area contributed by atoms with Gasteiger partial charge in [0.25, 0.3) is 0 Å². The van der Waals surface area contributed by atoms with Crippen LogP contribution in [0, 0.1) is 0 Å². The van der Waals surface area contributed by atoms with Gasteiger partial charge in [-0.05, 0) is 36.4 Å². The topological polar surface area (TPSA) is 88.5 Å². The van der Waals surface area contributed by atoms with Crippen LogP contribution in [0.15, 0.2) is 70.6 Å². The normalized spacial score (nSPS) is 17.0. The molecule has 1 saturated heterocycles. The second-order valence-electron chi connectivity index (χ2n) is 7.26. The van der Waals surface area contributed by atoms with Gasteiger partial charge in [0.15, 0.2) is 0 Å². The second-order valence-corrected chi connectivity index (χ2v) is 9.94. The van der Waals surface area contributed by atoms with Crippen molar-refractivity contribution in [3.63, 3.8) is 0 Å². The number of sulfonamides is 1. The van der Waals surface area contributed by atoms with Gasteiger partial charge in [-0.3, -0.25) is 0 Å². The quantitative estimate of drug-likeness (QED) is 0.512. The standard InChI is InChI=1S/C21H24BrN5O3S/c1-30-20-11-16(22)10-19(12-20)26-9-7-24-17(14-26)13-25-31(28,29)21-4-2-18(3-5-21)27-8-6-23-15-27/h2-6,8,10-12,15,17,24-25H,7,9,13-14H2,1H3. The van der Waals surface area contributed by atoms with Crippen molar-refractivity contribution < 1.29 is 13.2 Å². The summed E-state index contributed by atoms with van der Waals surface area (Å²) in [5.41, 5.74) is 1.89. The van der Waals surface area contributed by atoms with Crippen molar-refractivity contribution in [3.8, 4) is 11.4 Å². The number of piperazine rings is 1. The summed E-state index contributed by atoms with van der Waals surface area (Å²) in [6.07, 6.45) is 5.16. The fourth-order valence-electron chi connectivity index (χ4n) is 3.55. The molecule has 1 aliphatic heterocycles. The Hall–Kier alpha value is -2.40. The van der Waals surface area contributed by atoms with Crippen LogP contribution in [-0.2, 0) is 10.0 Å². The molecule has 1 unspecified atom stereocenters. The van der Waals surface area contributed by atoms with Crippen LogP contribution in [0.5, 0.6) is 5.75 Å². The van der Waals surface area contributed by atoms with Crippen LogP contribution in [0.2, 0.25) is 0 Å². The molecular weight excluding hydrogens is 482 g/mol. The van der Waals surface area contributed by atoms with E-state index in [1.165, 1.54) is 0 Å². The third-order valence-electron chi connectivity index (χ3n) is 5.18. The molecule has 0 spiro atoms. The van der Waals surface area contributed by atoms with E-state index in [1.54, 1.807) is 43.9 Å². The molecular formula is C21H24BrN5O3S. The molecule has 1 aromatic heterocycles. The lowest BCUT2D eigenvalue weighted by Gasteiger charge is -2.35. The number of anilines is 1. The predicted octanol–water partition coefficient (Wildman–Crippen LogP) is 2.40. The average molecular weight is 506 g/mol. The molecule has 3 aromatic rings. The Labute approximate surface area is 190 Å². The number of ether oxygens (including phenoxy) is 1. The minimum Gasteiger partial charge on any atom is -0.497 e. The number of nitrogens with one attached hydrogen (secondary N) is 2. The van der Waals surface area contributed by atoms with Gasteiger partial charge in [-0.15, -0.1) is 0 Å². The highest BCUT2D eigenvalue weighted by atomic mass is 79.9. The zero-order valence-corrected chi connectivity index (χ0v) is 19.4. The number of benzene rings is 2. The summed E-state index contributed by atoms with van der Waals surface area (Å²) in [5, 5.41) is 3.39. The lowest BCUT2D eigenvalue weighted by Crippen LogP contribution is -2.55. The summed E-state index contributed by atoms with van der Waals surface area (Å²) in [6.45, 7) is 2.58. The first-order chi connectivity index (χ1) is 14.9. The van der Waals surface area contributed by atoms with Gasteiger partial charge in [-0.25, -0.2) is 18.1 Å². The number of halogens is 1. The lowest BCUT2D eigenvalue weighted by atomic mass is 10.2. The number of methoxy groups -OCH3 is 1. The van der Waals surface area contributed by atoms with Crippen molar-refractivity contribution in [1.29, 1.82) is 0 Å². The van der Waals surface area contributed by atoms with E-state index in [0.29, 0.717) is 13.1 Å². The van der Waals surface area contributed by atoms with Crippen LogP contribution in [0.4, 0.5) is 5.69 Å². The van der Waals surface area contributed by atoms with Gasteiger partial charge >= 0.3 is 0 Å². The number of hydrogen-bond donors (Lipinski definition) is 2. The summed E-state index contributed by atoms with van der Waals surface area (Å²) < 4.78 is 36.4. The van der Waals surface area contributed by atoms with Gasteiger partial charge in [0.1, 0.15) is 5.75 Å². The molecule has 2 aromatic carbocycles. The fraction of sp³-hybridized carbons (Fsp3) is 0.286. The van der Waals surface area contributed by atoms with Gasteiger partial charge < -0.3 is 19.5 Å². The maximum Gasteiger partial charge on any atom is 0.240 e. The maximum absolute atomic E-state index is 12.8. The van der Waals surface area contributed by atoms with Crippen molar-refractivity contribution in [1.82, 2.24) is 19.6 Å². The average Bonchev–Trinajstić information content (AvgIpc) is 3.33. The van der Waals surface area contributed by atoms with Gasteiger partial charge in [0, 0.05) is 66.5 Å². The zero-order chi connectivity index (χ0) is 21.8. The molecule has 1 atom stereocenters. The monoisotopic (exact) mass is 505 g/mol. The van der Waals surface area contributed by atoms with Crippen LogP contribution < -0.4 is 19.7 Å². The summed E-state index contributed by atoms with van der Waals surface area (Å²) in [5.74, 6) is 0.777. The first-order valence-electron chi connectivity index (χ1n) is 9.85. The molecule has 0 bridgehead atoms. The van der Waals surface area contributed by atoms with Crippen LogP contribution in [0.1, 0.15) is 0 Å². The Morgan fingerprint density at radius 3 is 2.74 bits per heavy atom. The van der Waals surface area contributed by atoms with E-state index >= 15 is 0 Å². The lowest BCUT2D eigenvalue weighted by molar-refractivity contribution is 0.413. The second kappa shape index (κ2) is 9.39. The highest BCUT2D eigenvalue weighted by molar-refractivity contribution is 9.10. The van der Waals surface area contributed by atoms with Gasteiger partial charge in [0.2, 0.25) is 10.0 Å². The van der Waals surface area contributed by atoms with Crippen LogP contribution >= 0.6 is 15.9 Å². The first-order valence-corrected chi connectivity index (χ1v) is 12.1. The van der Waals surface area contributed by atoms with Crippen molar-refractivity contribution in [2.24, 2.45) is 0 Å². The van der Waals surface area contributed by atoms with E-state index in [9.17, 15) is 8.42 Å². The minimum atomic E-state index is -3.61. The Kier molecular flexibility index (Phi) is 6.61. The smallest absolute Gasteiger partial charge is 0.240 e. The third kappa shape index (κ3) is 5.27. The minimum absolute atomic E-state index is 0.0151. The zero-order valence-electron chi connectivity index (χ0n) is 17.0. The first kappa shape index (κ1) is 21.8. The van der Waals surface area contributed by atoms with E-state index in [4.69, 9.17) is 4.74 Å². The number of imidazole rings is 1. The Morgan fingerprint density at radius 1 is 1.23 bits per heavy atom. The number of aromatic nitrogens is 2. The summed E-state index contributed by atoms with van der Waals surface area (Å²) in [6, 6.07) is 12.7. The van der Waals surface area contributed by atoms with Crippen LogP contribution in [0.25, 0.3) is 5.69 Å². The van der Waals surface area contributed by atoms with E-state index < -0.39 is 10.0 Å². The molecule has 164 valence electrons. The number of rotatable bonds is 7. The van der Waals surface area contributed by atoms with Crippen LogP contribution in [-0.4, -0.2) is 57.3 Å². The molecule has 2 heterocycles. The van der Waals surface area contributed by atoms with Crippen molar-refractivity contribution in [2.45, 2.75) is 10.9 Å². The van der Waals surface area contributed by atoms with E-state index in [2.05, 4.69) is 35.9 Å². The molecule has 8 nitrogen and oxygen atoms in total. The van der Waals surface area contributed by atoms with Crippen molar-refractivity contribution in [2.75, 3.05) is 38.2 Å². The molecule has 0 saturated carbocycles. The van der Waals surface area contributed by atoms with Crippen molar-refractivity contribution >= 4 is 31.6 Å². The molecule has 0 aliphatic carbocycles. The van der Waals surface area contributed by atoms with E-state index in [1.807, 2.05) is 29.0 Å². The molecule has 4 rings (SSSR count). The molecule has 0 amide bonds.